The lowest BCUT2D eigenvalue weighted by Gasteiger charge is -2.26. The van der Waals surface area contributed by atoms with Crippen molar-refractivity contribution >= 4 is 34.9 Å². The number of rotatable bonds is 6. The van der Waals surface area contributed by atoms with Gasteiger partial charge in [-0.25, -0.2) is 4.98 Å². The minimum atomic E-state index is -0.0880. The molecule has 7 nitrogen and oxygen atoms in total. The van der Waals surface area contributed by atoms with Crippen molar-refractivity contribution in [2.75, 3.05) is 36.9 Å². The van der Waals surface area contributed by atoms with Crippen molar-refractivity contribution in [3.05, 3.63) is 52.7 Å². The second-order valence-electron chi connectivity index (χ2n) is 7.98. The van der Waals surface area contributed by atoms with Gasteiger partial charge in [-0.05, 0) is 36.6 Å². The van der Waals surface area contributed by atoms with E-state index < -0.39 is 0 Å². The predicted molar refractivity (Wildman–Crippen MR) is 120 cm³/mol. The molecule has 0 atom stereocenters. The molecule has 8 heteroatoms. The molecule has 2 N–H and O–H groups in total. The van der Waals surface area contributed by atoms with Gasteiger partial charge in [-0.2, -0.15) is 0 Å². The average Bonchev–Trinajstić information content (AvgIpc) is 3.34. The molecule has 1 aromatic carbocycles. The van der Waals surface area contributed by atoms with Gasteiger partial charge in [-0.15, -0.1) is 0 Å². The van der Waals surface area contributed by atoms with E-state index in [0.717, 1.165) is 36.9 Å². The Morgan fingerprint density at radius 1 is 1.16 bits per heavy atom. The molecule has 1 aromatic heterocycles. The van der Waals surface area contributed by atoms with Crippen LogP contribution >= 0.6 is 11.6 Å². The minimum absolute atomic E-state index is 0.0880. The van der Waals surface area contributed by atoms with Gasteiger partial charge in [0.2, 0.25) is 5.91 Å². The van der Waals surface area contributed by atoms with Crippen molar-refractivity contribution in [2.45, 2.75) is 32.2 Å². The summed E-state index contributed by atoms with van der Waals surface area (Å²) >= 11 is 6.37. The molecular weight excluding hydrogens is 416 g/mol. The SMILES string of the molecule is O=C(Nc1cccc(CNc2ncc(C(=O)N3CCOCC3)cc2Cl)c1)C1CCCC1. The highest BCUT2D eigenvalue weighted by Gasteiger charge is 2.23. The number of anilines is 2. The third kappa shape index (κ3) is 5.54. The lowest BCUT2D eigenvalue weighted by atomic mass is 10.1. The maximum absolute atomic E-state index is 12.6. The van der Waals surface area contributed by atoms with Gasteiger partial charge in [0.1, 0.15) is 5.82 Å². The van der Waals surface area contributed by atoms with Gasteiger partial charge in [0.25, 0.3) is 5.91 Å². The lowest BCUT2D eigenvalue weighted by Crippen LogP contribution is -2.40. The van der Waals surface area contributed by atoms with Gasteiger partial charge in [0.15, 0.2) is 0 Å². The molecule has 1 aliphatic carbocycles. The number of carbonyl (C=O) groups is 2. The molecule has 31 heavy (non-hydrogen) atoms. The van der Waals surface area contributed by atoms with Crippen molar-refractivity contribution in [1.82, 2.24) is 9.88 Å². The van der Waals surface area contributed by atoms with Crippen LogP contribution < -0.4 is 10.6 Å². The summed E-state index contributed by atoms with van der Waals surface area (Å²) in [6.45, 7) is 2.74. The maximum Gasteiger partial charge on any atom is 0.255 e. The molecule has 164 valence electrons. The average molecular weight is 443 g/mol. The predicted octanol–water partition coefficient (Wildman–Crippen LogP) is 3.95. The maximum atomic E-state index is 12.6. The summed E-state index contributed by atoms with van der Waals surface area (Å²) in [6, 6.07) is 9.38. The van der Waals surface area contributed by atoms with E-state index in [-0.39, 0.29) is 17.7 Å². The Morgan fingerprint density at radius 2 is 1.94 bits per heavy atom. The highest BCUT2D eigenvalue weighted by atomic mass is 35.5. The van der Waals surface area contributed by atoms with Crippen molar-refractivity contribution < 1.29 is 14.3 Å². The van der Waals surface area contributed by atoms with Crippen LogP contribution in [0.15, 0.2) is 36.5 Å². The van der Waals surface area contributed by atoms with Gasteiger partial charge in [-0.3, -0.25) is 9.59 Å². The van der Waals surface area contributed by atoms with Crippen LogP contribution in [0.1, 0.15) is 41.6 Å². The number of ether oxygens (including phenoxy) is 1. The normalized spacial score (nSPS) is 16.9. The number of halogens is 1. The zero-order valence-electron chi connectivity index (χ0n) is 17.4. The molecule has 0 bridgehead atoms. The number of aromatic nitrogens is 1. The molecule has 2 heterocycles. The van der Waals surface area contributed by atoms with Gasteiger partial charge in [0, 0.05) is 37.4 Å². The first kappa shape index (κ1) is 21.6. The number of benzene rings is 1. The quantitative estimate of drug-likeness (QED) is 0.707. The van der Waals surface area contributed by atoms with Crippen LogP contribution in [0.25, 0.3) is 0 Å². The Balaban J connectivity index is 1.35. The summed E-state index contributed by atoms with van der Waals surface area (Å²) in [4.78, 5) is 31.0. The van der Waals surface area contributed by atoms with E-state index in [2.05, 4.69) is 15.6 Å². The summed E-state index contributed by atoms with van der Waals surface area (Å²) in [7, 11) is 0. The lowest BCUT2D eigenvalue weighted by molar-refractivity contribution is -0.119. The van der Waals surface area contributed by atoms with Crippen molar-refractivity contribution in [3.63, 3.8) is 0 Å². The minimum Gasteiger partial charge on any atom is -0.378 e. The topological polar surface area (TPSA) is 83.6 Å². The molecule has 1 saturated carbocycles. The zero-order valence-corrected chi connectivity index (χ0v) is 18.2. The monoisotopic (exact) mass is 442 g/mol. The molecule has 1 aliphatic heterocycles. The fourth-order valence-corrected chi connectivity index (χ4v) is 4.24. The largest absolute Gasteiger partial charge is 0.378 e. The number of morpholine rings is 1. The molecule has 2 amide bonds. The first-order valence-corrected chi connectivity index (χ1v) is 11.1. The van der Waals surface area contributed by atoms with Crippen LogP contribution in [0.2, 0.25) is 5.02 Å². The first-order valence-electron chi connectivity index (χ1n) is 10.8. The van der Waals surface area contributed by atoms with Crippen LogP contribution in [0, 0.1) is 5.92 Å². The van der Waals surface area contributed by atoms with Crippen LogP contribution in [0.5, 0.6) is 0 Å². The number of carbonyl (C=O) groups excluding carboxylic acids is 2. The number of hydrogen-bond acceptors (Lipinski definition) is 5. The van der Waals surface area contributed by atoms with Gasteiger partial charge in [-0.1, -0.05) is 36.6 Å². The standard InChI is InChI=1S/C23H27ClN4O3/c24-20-13-18(23(30)28-8-10-31-11-9-28)15-26-21(20)25-14-16-4-3-7-19(12-16)27-22(29)17-5-1-2-6-17/h3-4,7,12-13,15,17H,1-2,5-6,8-11,14H2,(H,25,26)(H,27,29). The van der Waals surface area contributed by atoms with Gasteiger partial charge < -0.3 is 20.3 Å². The smallest absolute Gasteiger partial charge is 0.255 e. The van der Waals surface area contributed by atoms with E-state index in [0.29, 0.717) is 49.3 Å². The number of pyridine rings is 1. The molecular formula is C23H27ClN4O3. The molecule has 1 saturated heterocycles. The zero-order chi connectivity index (χ0) is 21.6. The van der Waals surface area contributed by atoms with E-state index >= 15 is 0 Å². The number of amides is 2. The Morgan fingerprint density at radius 3 is 2.68 bits per heavy atom. The van der Waals surface area contributed by atoms with Crippen molar-refractivity contribution in [3.8, 4) is 0 Å². The summed E-state index contributed by atoms with van der Waals surface area (Å²) in [5.74, 6) is 0.659. The fraction of sp³-hybridized carbons (Fsp3) is 0.435. The van der Waals surface area contributed by atoms with E-state index in [4.69, 9.17) is 16.3 Å². The highest BCUT2D eigenvalue weighted by molar-refractivity contribution is 6.33. The van der Waals surface area contributed by atoms with Crippen LogP contribution in [0.4, 0.5) is 11.5 Å². The first-order chi connectivity index (χ1) is 15.1. The molecule has 2 aromatic rings. The summed E-state index contributed by atoms with van der Waals surface area (Å²) in [5.41, 5.74) is 2.26. The Labute approximate surface area is 187 Å². The van der Waals surface area contributed by atoms with Crippen LogP contribution in [0.3, 0.4) is 0 Å². The van der Waals surface area contributed by atoms with E-state index in [1.165, 1.54) is 0 Å². The van der Waals surface area contributed by atoms with Gasteiger partial charge >= 0.3 is 0 Å². The fourth-order valence-electron chi connectivity index (χ4n) is 4.01. The molecule has 2 fully saturated rings. The number of hydrogen-bond donors (Lipinski definition) is 2. The third-order valence-corrected chi connectivity index (χ3v) is 6.05. The second-order valence-corrected chi connectivity index (χ2v) is 8.39. The molecule has 0 unspecified atom stereocenters. The summed E-state index contributed by atoms with van der Waals surface area (Å²) in [5, 5.41) is 6.63. The highest BCUT2D eigenvalue weighted by Crippen LogP contribution is 2.26. The van der Waals surface area contributed by atoms with E-state index in [9.17, 15) is 9.59 Å². The van der Waals surface area contributed by atoms with E-state index in [1.54, 1.807) is 17.2 Å². The second kappa shape index (κ2) is 10.1. The third-order valence-electron chi connectivity index (χ3n) is 5.77. The van der Waals surface area contributed by atoms with E-state index in [1.807, 2.05) is 24.3 Å². The Kier molecular flexibility index (Phi) is 7.04. The van der Waals surface area contributed by atoms with Crippen molar-refractivity contribution in [2.24, 2.45) is 5.92 Å². The summed E-state index contributed by atoms with van der Waals surface area (Å²) in [6.07, 6.45) is 5.76. The number of nitrogens with one attached hydrogen (secondary N) is 2. The summed E-state index contributed by atoms with van der Waals surface area (Å²) < 4.78 is 5.29. The Hall–Kier alpha value is -2.64. The molecule has 4 rings (SSSR count). The van der Waals surface area contributed by atoms with Crippen LogP contribution in [-0.4, -0.2) is 48.0 Å². The molecule has 2 aliphatic rings. The molecule has 0 radical (unpaired) electrons. The Bertz CT molecular complexity index is 940. The van der Waals surface area contributed by atoms with Crippen LogP contribution in [-0.2, 0) is 16.1 Å². The van der Waals surface area contributed by atoms with Crippen molar-refractivity contribution in [1.29, 1.82) is 0 Å². The van der Waals surface area contributed by atoms with Gasteiger partial charge in [0.05, 0.1) is 23.8 Å². The molecule has 0 spiro atoms. The number of nitrogens with zero attached hydrogens (tertiary/aromatic N) is 2.